The van der Waals surface area contributed by atoms with Gasteiger partial charge < -0.3 is 4.42 Å². The molecule has 0 spiro atoms. The molecule has 0 aliphatic heterocycles. The number of hydrogen-bond donors (Lipinski definition) is 0. The van der Waals surface area contributed by atoms with Crippen molar-refractivity contribution < 1.29 is 4.42 Å². The van der Waals surface area contributed by atoms with Crippen LogP contribution in [0.4, 0.5) is 0 Å². The predicted octanol–water partition coefficient (Wildman–Crippen LogP) is 7.94. The van der Waals surface area contributed by atoms with Gasteiger partial charge in [-0.15, -0.1) is 11.3 Å². The Morgan fingerprint density at radius 2 is 1.17 bits per heavy atom. The van der Waals surface area contributed by atoms with Crippen LogP contribution in [0.25, 0.3) is 66.3 Å². The first-order valence-corrected chi connectivity index (χ1v) is 12.6. The number of rotatable bonds is 3. The minimum absolute atomic E-state index is 0.613. The number of oxazole rings is 1. The zero-order valence-electron chi connectivity index (χ0n) is 19.0. The Hall–Kier alpha value is -4.68. The third-order valence-corrected chi connectivity index (χ3v) is 7.56. The van der Waals surface area contributed by atoms with Crippen molar-refractivity contribution in [1.82, 2.24) is 18.8 Å². The Labute approximate surface area is 209 Å². The van der Waals surface area contributed by atoms with Crippen LogP contribution >= 0.6 is 11.3 Å². The van der Waals surface area contributed by atoms with E-state index in [-0.39, 0.29) is 0 Å². The third kappa shape index (κ3) is 2.95. The molecule has 0 N–H and O–H groups in total. The molecule has 0 unspecified atom stereocenters. The fourth-order valence-electron chi connectivity index (χ4n) is 5.02. The van der Waals surface area contributed by atoms with Crippen LogP contribution in [0, 0.1) is 0 Å². The van der Waals surface area contributed by atoms with Crippen LogP contribution in [0.15, 0.2) is 113 Å². The average Bonchev–Trinajstić information content (AvgIpc) is 3.70. The zero-order chi connectivity index (χ0) is 23.6. The van der Waals surface area contributed by atoms with Gasteiger partial charge in [0.25, 0.3) is 0 Å². The van der Waals surface area contributed by atoms with E-state index in [1.165, 1.54) is 27.8 Å². The second-order valence-electron chi connectivity index (χ2n) is 8.90. The summed E-state index contributed by atoms with van der Waals surface area (Å²) < 4.78 is 9.59. The molecule has 0 saturated heterocycles. The Kier molecular flexibility index (Phi) is 4.03. The van der Waals surface area contributed by atoms with E-state index in [0.717, 1.165) is 32.6 Å². The van der Waals surface area contributed by atoms with Gasteiger partial charge in [-0.3, -0.25) is 8.80 Å². The molecule has 4 heterocycles. The van der Waals surface area contributed by atoms with Crippen molar-refractivity contribution >= 4 is 44.2 Å². The lowest BCUT2D eigenvalue weighted by atomic mass is 9.96. The summed E-state index contributed by atoms with van der Waals surface area (Å²) in [6.07, 6.45) is 5.65. The maximum atomic E-state index is 5.46. The molecule has 36 heavy (non-hydrogen) atoms. The molecule has 4 aromatic carbocycles. The van der Waals surface area contributed by atoms with Crippen molar-refractivity contribution in [2.75, 3.05) is 0 Å². The smallest absolute Gasteiger partial charge is 0.306 e. The first-order chi connectivity index (χ1) is 17.8. The lowest BCUT2D eigenvalue weighted by Crippen LogP contribution is -1.85. The van der Waals surface area contributed by atoms with Crippen LogP contribution < -0.4 is 0 Å². The molecule has 0 bridgehead atoms. The summed E-state index contributed by atoms with van der Waals surface area (Å²) in [5, 5.41) is 2.07. The van der Waals surface area contributed by atoms with Crippen molar-refractivity contribution in [2.24, 2.45) is 0 Å². The van der Waals surface area contributed by atoms with Crippen molar-refractivity contribution in [3.05, 3.63) is 109 Å². The Bertz CT molecular complexity index is 1920. The van der Waals surface area contributed by atoms with Crippen LogP contribution in [0.3, 0.4) is 0 Å². The number of imidazole rings is 2. The predicted molar refractivity (Wildman–Crippen MR) is 145 cm³/mol. The molecular weight excluding hydrogens is 464 g/mol. The molecule has 0 fully saturated rings. The quantitative estimate of drug-likeness (QED) is 0.257. The lowest BCUT2D eigenvalue weighted by molar-refractivity contribution is 0.597. The van der Waals surface area contributed by atoms with Gasteiger partial charge in [0, 0.05) is 17.8 Å². The van der Waals surface area contributed by atoms with Gasteiger partial charge in [0.15, 0.2) is 4.96 Å². The summed E-state index contributed by atoms with van der Waals surface area (Å²) in [6, 6.07) is 30.3. The highest BCUT2D eigenvalue weighted by atomic mass is 32.1. The van der Waals surface area contributed by atoms with Gasteiger partial charge in [-0.25, -0.2) is 4.98 Å². The molecule has 5 nitrogen and oxygen atoms in total. The highest BCUT2D eigenvalue weighted by Gasteiger charge is 2.11. The largest absolute Gasteiger partial charge is 0.432 e. The number of aromatic nitrogens is 4. The van der Waals surface area contributed by atoms with E-state index in [1.807, 2.05) is 10.6 Å². The van der Waals surface area contributed by atoms with Crippen molar-refractivity contribution in [1.29, 1.82) is 0 Å². The highest BCUT2D eigenvalue weighted by molar-refractivity contribution is 7.15. The monoisotopic (exact) mass is 482 g/mol. The fourth-order valence-corrected chi connectivity index (χ4v) is 5.74. The van der Waals surface area contributed by atoms with Crippen LogP contribution in [-0.4, -0.2) is 18.8 Å². The van der Waals surface area contributed by atoms with E-state index in [0.29, 0.717) is 5.84 Å². The van der Waals surface area contributed by atoms with Crippen molar-refractivity contribution in [2.45, 2.75) is 0 Å². The number of nitrogens with zero attached hydrogens (tertiary/aromatic N) is 4. The number of hydrogen-bond acceptors (Lipinski definition) is 4. The lowest BCUT2D eigenvalue weighted by Gasteiger charge is -2.09. The van der Waals surface area contributed by atoms with E-state index in [9.17, 15) is 0 Å². The van der Waals surface area contributed by atoms with Crippen LogP contribution in [0.1, 0.15) is 0 Å². The summed E-state index contributed by atoms with van der Waals surface area (Å²) in [5.41, 5.74) is 11.2. The second-order valence-corrected chi connectivity index (χ2v) is 9.78. The summed E-state index contributed by atoms with van der Waals surface area (Å²) in [6.45, 7) is 0. The molecule has 170 valence electrons. The second kappa shape index (κ2) is 7.41. The molecule has 0 atom stereocenters. The van der Waals surface area contributed by atoms with Gasteiger partial charge in [0.2, 0.25) is 0 Å². The standard InChI is InChI=1S/C30H18N4OS/c1-3-19(15-21(5-1)23-7-9-25-27(17-23)33-11-13-35-29(33)31-25)20-4-2-6-22(16-20)24-8-10-26-28(18-24)34-12-14-36-30(34)32-26/h1-18H. The van der Waals surface area contributed by atoms with E-state index >= 15 is 0 Å². The van der Waals surface area contributed by atoms with Crippen LogP contribution in [0.5, 0.6) is 0 Å². The minimum atomic E-state index is 0.613. The first-order valence-electron chi connectivity index (χ1n) is 11.7. The highest BCUT2D eigenvalue weighted by Crippen LogP contribution is 2.32. The summed E-state index contributed by atoms with van der Waals surface area (Å²) in [4.78, 5) is 10.3. The summed E-state index contributed by atoms with van der Waals surface area (Å²) in [5.74, 6) is 0.613. The van der Waals surface area contributed by atoms with Crippen LogP contribution in [-0.2, 0) is 0 Å². The maximum absolute atomic E-state index is 5.46. The average molecular weight is 483 g/mol. The minimum Gasteiger partial charge on any atom is -0.432 e. The normalized spacial score (nSPS) is 11.9. The SMILES string of the molecule is c1cc(-c2cccc(-c3ccc4nc5sccn5c4c3)c2)cc(-c2ccc3nc4occn4c3c2)c1. The van der Waals surface area contributed by atoms with Crippen molar-refractivity contribution in [3.63, 3.8) is 0 Å². The molecule has 6 heteroatoms. The van der Waals surface area contributed by atoms with Gasteiger partial charge in [0.1, 0.15) is 6.26 Å². The molecule has 0 amide bonds. The Morgan fingerprint density at radius 3 is 1.83 bits per heavy atom. The molecule has 0 aliphatic carbocycles. The number of thiazole rings is 1. The molecule has 0 radical (unpaired) electrons. The molecule has 4 aromatic heterocycles. The van der Waals surface area contributed by atoms with Gasteiger partial charge in [0.05, 0.1) is 22.1 Å². The van der Waals surface area contributed by atoms with E-state index < -0.39 is 0 Å². The van der Waals surface area contributed by atoms with Gasteiger partial charge >= 0.3 is 5.84 Å². The van der Waals surface area contributed by atoms with Gasteiger partial charge in [-0.1, -0.05) is 48.5 Å². The first kappa shape index (κ1) is 19.6. The van der Waals surface area contributed by atoms with Crippen LogP contribution in [0.2, 0.25) is 0 Å². The molecular formula is C30H18N4OS. The topological polar surface area (TPSA) is 47.7 Å². The summed E-state index contributed by atoms with van der Waals surface area (Å²) >= 11 is 1.66. The Morgan fingerprint density at radius 1 is 0.583 bits per heavy atom. The van der Waals surface area contributed by atoms with Gasteiger partial charge in [-0.05, 0) is 69.8 Å². The molecule has 0 saturated carbocycles. The molecule has 8 rings (SSSR count). The Balaban J connectivity index is 1.20. The summed E-state index contributed by atoms with van der Waals surface area (Å²) in [7, 11) is 0. The van der Waals surface area contributed by atoms with E-state index in [2.05, 4.69) is 106 Å². The van der Waals surface area contributed by atoms with E-state index in [4.69, 9.17) is 9.40 Å². The van der Waals surface area contributed by atoms with Gasteiger partial charge in [-0.2, -0.15) is 4.98 Å². The van der Waals surface area contributed by atoms with Crippen molar-refractivity contribution in [3.8, 4) is 33.4 Å². The fraction of sp³-hybridized carbons (Fsp3) is 0. The van der Waals surface area contributed by atoms with E-state index in [1.54, 1.807) is 17.6 Å². The number of benzene rings is 4. The molecule has 0 aliphatic rings. The maximum Gasteiger partial charge on any atom is 0.306 e. The number of fused-ring (bicyclic) bond motifs is 6. The zero-order valence-corrected chi connectivity index (χ0v) is 19.8. The molecule has 8 aromatic rings. The third-order valence-electron chi connectivity index (χ3n) is 6.81.